The molecule has 0 spiro atoms. The molecule has 16 N–H and O–H groups in total. The van der Waals surface area contributed by atoms with Crippen molar-refractivity contribution in [1.29, 1.82) is 0 Å². The van der Waals surface area contributed by atoms with Crippen LogP contribution in [0.1, 0.15) is 113 Å². The standard InChI is InChI=1S/C55H94O23/c1-23(25-15-16-53(6)32-12-10-26-27(55(32,8)33(59)18-54(25,53)7)11-14-34(51(26,2)3)73-28-17-24(19-56)36(60)41(65)37(28)61)9-13-35(52(4,5)71)77-50-47(78-49-46(70)43(67)39(63)30(21-58)75-49)44(68)40(64)31(76-50)22-72-48-45(69)42(66)38(62)29(20-57)74-48/h10,23-25,27-50,56-71H,9,11-22H2,1-8H3/t23-,24-,25?,27?,28-,29-,30-,31-,32?,33-,34+,35-,36-,37+,38-,39-,40-,41+,42+,43+,44+,45-,46-,47-,48+,49+,50+,53+,54-,55+/m1/s1. The first-order valence-electron chi connectivity index (χ1n) is 28.4. The van der Waals surface area contributed by atoms with Crippen molar-refractivity contribution in [3.8, 4) is 0 Å². The van der Waals surface area contributed by atoms with Crippen LogP contribution in [0.25, 0.3) is 0 Å². The first kappa shape index (κ1) is 62.9. The van der Waals surface area contributed by atoms with Crippen LogP contribution >= 0.6 is 0 Å². The van der Waals surface area contributed by atoms with Gasteiger partial charge in [-0.25, -0.2) is 0 Å². The molecular weight excluding hydrogens is 1030 g/mol. The normalized spacial score (nSPS) is 51.4. The highest BCUT2D eigenvalue weighted by molar-refractivity contribution is 5.32. The molecule has 3 aliphatic heterocycles. The van der Waals surface area contributed by atoms with E-state index in [0.717, 1.165) is 25.7 Å². The molecule has 452 valence electrons. The van der Waals surface area contributed by atoms with Gasteiger partial charge in [-0.1, -0.05) is 53.2 Å². The lowest BCUT2D eigenvalue weighted by Crippen LogP contribution is -2.65. The number of fused-ring (bicyclic) bond motifs is 5. The fraction of sp³-hybridized carbons (Fsp3) is 0.964. The minimum absolute atomic E-state index is 0.0174. The fourth-order valence-corrected chi connectivity index (χ4v) is 16.1. The van der Waals surface area contributed by atoms with Gasteiger partial charge in [0.15, 0.2) is 18.9 Å². The Balaban J connectivity index is 0.987. The molecule has 0 aromatic rings. The van der Waals surface area contributed by atoms with Crippen molar-refractivity contribution < 1.29 is 115 Å². The average Bonchev–Trinajstić information content (AvgIpc) is 3.21. The van der Waals surface area contributed by atoms with E-state index in [1.165, 1.54) is 19.4 Å². The van der Waals surface area contributed by atoms with Crippen LogP contribution in [-0.2, 0) is 33.2 Å². The quantitative estimate of drug-likeness (QED) is 0.0666. The minimum atomic E-state index is -1.93. The minimum Gasteiger partial charge on any atom is -0.396 e. The molecule has 0 aromatic carbocycles. The van der Waals surface area contributed by atoms with Gasteiger partial charge in [0.2, 0.25) is 0 Å². The van der Waals surface area contributed by atoms with Crippen LogP contribution in [-0.4, -0.2) is 249 Å². The Morgan fingerprint density at radius 3 is 1.81 bits per heavy atom. The third-order valence-corrected chi connectivity index (χ3v) is 21.3. The van der Waals surface area contributed by atoms with Crippen LogP contribution in [0.5, 0.6) is 0 Å². The molecular formula is C55H94O23. The molecule has 0 aromatic heterocycles. The van der Waals surface area contributed by atoms with Gasteiger partial charge in [-0.2, -0.15) is 0 Å². The molecule has 3 unspecified atom stereocenters. The molecule has 30 atom stereocenters. The van der Waals surface area contributed by atoms with Crippen LogP contribution in [0.3, 0.4) is 0 Å². The van der Waals surface area contributed by atoms with E-state index in [0.29, 0.717) is 19.3 Å². The lowest BCUT2D eigenvalue weighted by atomic mass is 9.38. The van der Waals surface area contributed by atoms with Gasteiger partial charge in [-0.05, 0) is 106 Å². The van der Waals surface area contributed by atoms with Crippen LogP contribution in [0.2, 0.25) is 0 Å². The molecule has 8 aliphatic rings. The SMILES string of the molecule is C[C@H](CC[C@@H](O[C@@H]1O[C@H](CO[C@H]2O[C@H](CO)[C@@H](O)[C@H](O)[C@H]2O)[C@@H](O)[C@H](O)[C@H]1O[C@@H]1O[C@H](CO)[C@@H](O)[C@H](O)[C@H]1O)C(C)(C)O)C1CC[C@@]2(C)C3CC=C4C(CC[C@H](O[C@@H]5C[C@H](CO)[C@@H](O)[C@H](O)[C@H]5O)C4(C)C)[C@]3(C)[C@H](O)C[C@]12C. The molecule has 0 bridgehead atoms. The van der Waals surface area contributed by atoms with Crippen molar-refractivity contribution in [2.45, 2.75) is 254 Å². The topological polar surface area (TPSA) is 388 Å². The molecule has 8 rings (SSSR count). The van der Waals surface area contributed by atoms with Gasteiger partial charge in [-0.3, -0.25) is 0 Å². The molecule has 5 aliphatic carbocycles. The summed E-state index contributed by atoms with van der Waals surface area (Å²) in [6.45, 7) is 13.9. The largest absolute Gasteiger partial charge is 0.396 e. The van der Waals surface area contributed by atoms with Crippen molar-refractivity contribution in [2.75, 3.05) is 26.4 Å². The summed E-state index contributed by atoms with van der Waals surface area (Å²) in [7, 11) is 0. The van der Waals surface area contributed by atoms with E-state index < -0.39 is 171 Å². The number of ether oxygens (including phenoxy) is 7. The number of hydrogen-bond donors (Lipinski definition) is 16. The Kier molecular flexibility index (Phi) is 19.1. The summed E-state index contributed by atoms with van der Waals surface area (Å²) in [5.74, 6) is -0.317. The Morgan fingerprint density at radius 2 is 1.21 bits per heavy atom. The maximum Gasteiger partial charge on any atom is 0.187 e. The van der Waals surface area contributed by atoms with E-state index in [1.807, 2.05) is 0 Å². The summed E-state index contributed by atoms with van der Waals surface area (Å²) in [6, 6.07) is 0. The Bertz CT molecular complexity index is 2020. The maximum absolute atomic E-state index is 12.7. The van der Waals surface area contributed by atoms with Crippen molar-refractivity contribution in [1.82, 2.24) is 0 Å². The monoisotopic (exact) mass is 1120 g/mol. The molecule has 0 radical (unpaired) electrons. The van der Waals surface area contributed by atoms with Crippen molar-refractivity contribution in [3.05, 3.63) is 11.6 Å². The highest BCUT2D eigenvalue weighted by atomic mass is 16.8. The molecule has 78 heavy (non-hydrogen) atoms. The summed E-state index contributed by atoms with van der Waals surface area (Å²) in [5.41, 5.74) is -1.86. The first-order chi connectivity index (χ1) is 36.4. The number of aliphatic hydroxyl groups excluding tert-OH is 15. The molecule has 4 saturated carbocycles. The zero-order chi connectivity index (χ0) is 57.5. The second kappa shape index (κ2) is 23.7. The van der Waals surface area contributed by atoms with Crippen molar-refractivity contribution in [2.24, 2.45) is 51.2 Å². The van der Waals surface area contributed by atoms with E-state index in [1.54, 1.807) is 0 Å². The number of aliphatic hydroxyl groups is 16. The Labute approximate surface area is 456 Å². The summed E-state index contributed by atoms with van der Waals surface area (Å²) in [4.78, 5) is 0. The third kappa shape index (κ3) is 11.0. The number of allylic oxidation sites excluding steroid dienone is 1. The lowest BCUT2D eigenvalue weighted by molar-refractivity contribution is -0.380. The molecule has 3 heterocycles. The van der Waals surface area contributed by atoms with E-state index in [9.17, 15) is 81.7 Å². The molecule has 23 heteroatoms. The van der Waals surface area contributed by atoms with Gasteiger partial charge in [0.25, 0.3) is 0 Å². The van der Waals surface area contributed by atoms with Crippen molar-refractivity contribution >= 4 is 0 Å². The number of rotatable bonds is 17. The number of hydrogen-bond acceptors (Lipinski definition) is 23. The smallest absolute Gasteiger partial charge is 0.187 e. The summed E-state index contributed by atoms with van der Waals surface area (Å²) in [5, 5.41) is 173. The van der Waals surface area contributed by atoms with E-state index in [2.05, 4.69) is 47.6 Å². The van der Waals surface area contributed by atoms with Crippen LogP contribution in [0, 0.1) is 51.2 Å². The second-order valence-corrected chi connectivity index (χ2v) is 26.4. The van der Waals surface area contributed by atoms with Crippen molar-refractivity contribution in [3.63, 3.8) is 0 Å². The van der Waals surface area contributed by atoms with Gasteiger partial charge in [0.1, 0.15) is 85.5 Å². The van der Waals surface area contributed by atoms with Gasteiger partial charge in [0, 0.05) is 23.4 Å². The van der Waals surface area contributed by atoms with Gasteiger partial charge in [-0.15, -0.1) is 0 Å². The Morgan fingerprint density at radius 1 is 0.628 bits per heavy atom. The first-order valence-corrected chi connectivity index (χ1v) is 28.4. The van der Waals surface area contributed by atoms with Crippen LogP contribution in [0.4, 0.5) is 0 Å². The summed E-state index contributed by atoms with van der Waals surface area (Å²) >= 11 is 0. The molecule has 0 amide bonds. The van der Waals surface area contributed by atoms with E-state index in [-0.39, 0.29) is 60.1 Å². The van der Waals surface area contributed by atoms with Crippen LogP contribution < -0.4 is 0 Å². The molecule has 3 saturated heterocycles. The highest BCUT2D eigenvalue weighted by Gasteiger charge is 2.70. The van der Waals surface area contributed by atoms with Gasteiger partial charge < -0.3 is 115 Å². The maximum atomic E-state index is 12.7. The van der Waals surface area contributed by atoms with E-state index in [4.69, 9.17) is 33.2 Å². The zero-order valence-electron chi connectivity index (χ0n) is 46.4. The zero-order valence-corrected chi connectivity index (χ0v) is 46.4. The summed E-state index contributed by atoms with van der Waals surface area (Å²) < 4.78 is 42.2. The fourth-order valence-electron chi connectivity index (χ4n) is 16.1. The molecule has 7 fully saturated rings. The van der Waals surface area contributed by atoms with Gasteiger partial charge >= 0.3 is 0 Å². The predicted octanol–water partition coefficient (Wildman–Crippen LogP) is -2.57. The Hall–Kier alpha value is -1.18. The summed E-state index contributed by atoms with van der Waals surface area (Å²) in [6.07, 6.45) is -24.7. The third-order valence-electron chi connectivity index (χ3n) is 21.3. The second-order valence-electron chi connectivity index (χ2n) is 26.4. The lowest BCUT2D eigenvalue weighted by Gasteiger charge is -2.67. The van der Waals surface area contributed by atoms with E-state index >= 15 is 0 Å². The van der Waals surface area contributed by atoms with Gasteiger partial charge in [0.05, 0.1) is 55.9 Å². The molecule has 23 nitrogen and oxygen atoms in total. The average molecular weight is 1120 g/mol. The van der Waals surface area contributed by atoms with Crippen LogP contribution in [0.15, 0.2) is 11.6 Å². The predicted molar refractivity (Wildman–Crippen MR) is 271 cm³/mol. The highest BCUT2D eigenvalue weighted by Crippen LogP contribution is 2.75.